The molecule has 0 radical (unpaired) electrons. The lowest BCUT2D eigenvalue weighted by Gasteiger charge is -2.07. The number of carbonyl (C=O) groups excluding carboxylic acids is 1. The van der Waals surface area contributed by atoms with E-state index in [1.807, 2.05) is 11.9 Å². The standard InChI is InChI=1S/C14H15N3O4/c1-2-21-11-5-3-9(4-6-11)15-12(18)7-10-8-13(19)17-14(20)16-10/h3-6,8H,2,7H2,1H3,(H,15,18)(H2,16,17,19,20). The van der Waals surface area contributed by atoms with Crippen molar-refractivity contribution in [3.05, 3.63) is 56.9 Å². The average Bonchev–Trinajstić information content (AvgIpc) is 2.40. The number of aromatic nitrogens is 2. The zero-order valence-corrected chi connectivity index (χ0v) is 11.4. The van der Waals surface area contributed by atoms with Gasteiger partial charge in [0.05, 0.1) is 13.0 Å². The first kappa shape index (κ1) is 14.6. The number of hydrogen-bond donors (Lipinski definition) is 3. The van der Waals surface area contributed by atoms with Gasteiger partial charge in [0.25, 0.3) is 5.56 Å². The molecule has 21 heavy (non-hydrogen) atoms. The minimum atomic E-state index is -0.633. The van der Waals surface area contributed by atoms with Gasteiger partial charge in [-0.2, -0.15) is 0 Å². The lowest BCUT2D eigenvalue weighted by Crippen LogP contribution is -2.25. The van der Waals surface area contributed by atoms with Crippen molar-refractivity contribution in [2.24, 2.45) is 0 Å². The Morgan fingerprint density at radius 1 is 1.19 bits per heavy atom. The minimum Gasteiger partial charge on any atom is -0.494 e. The molecule has 7 heteroatoms. The highest BCUT2D eigenvalue weighted by Crippen LogP contribution is 2.15. The van der Waals surface area contributed by atoms with Gasteiger partial charge in [-0.25, -0.2) is 4.79 Å². The summed E-state index contributed by atoms with van der Waals surface area (Å²) in [6.45, 7) is 2.46. The highest BCUT2D eigenvalue weighted by molar-refractivity contribution is 5.92. The van der Waals surface area contributed by atoms with Crippen LogP contribution >= 0.6 is 0 Å². The molecule has 2 aromatic rings. The van der Waals surface area contributed by atoms with Gasteiger partial charge in [0.2, 0.25) is 5.91 Å². The number of anilines is 1. The molecule has 1 aromatic heterocycles. The second-order valence-electron chi connectivity index (χ2n) is 4.30. The fraction of sp³-hybridized carbons (Fsp3) is 0.214. The molecular weight excluding hydrogens is 274 g/mol. The van der Waals surface area contributed by atoms with Gasteiger partial charge in [0.15, 0.2) is 0 Å². The van der Waals surface area contributed by atoms with Gasteiger partial charge in [-0.1, -0.05) is 0 Å². The van der Waals surface area contributed by atoms with Crippen LogP contribution in [0.1, 0.15) is 12.6 Å². The van der Waals surface area contributed by atoms with E-state index in [0.29, 0.717) is 12.3 Å². The molecule has 0 aliphatic carbocycles. The van der Waals surface area contributed by atoms with E-state index >= 15 is 0 Å². The van der Waals surface area contributed by atoms with Crippen molar-refractivity contribution in [1.82, 2.24) is 9.97 Å². The van der Waals surface area contributed by atoms with Crippen LogP contribution in [0.2, 0.25) is 0 Å². The van der Waals surface area contributed by atoms with Crippen LogP contribution in [0.5, 0.6) is 5.75 Å². The van der Waals surface area contributed by atoms with Crippen molar-refractivity contribution in [3.63, 3.8) is 0 Å². The fourth-order valence-electron chi connectivity index (χ4n) is 1.79. The van der Waals surface area contributed by atoms with Crippen LogP contribution in [0, 0.1) is 0 Å². The molecule has 3 N–H and O–H groups in total. The lowest BCUT2D eigenvalue weighted by molar-refractivity contribution is -0.115. The summed E-state index contributed by atoms with van der Waals surface area (Å²) < 4.78 is 5.30. The minimum absolute atomic E-state index is 0.0909. The molecule has 1 aromatic carbocycles. The van der Waals surface area contributed by atoms with Gasteiger partial charge < -0.3 is 15.0 Å². The third-order valence-corrected chi connectivity index (χ3v) is 2.62. The van der Waals surface area contributed by atoms with Crippen LogP contribution in [0.25, 0.3) is 0 Å². The maximum Gasteiger partial charge on any atom is 0.325 e. The third kappa shape index (κ3) is 4.34. The molecule has 0 saturated carbocycles. The van der Waals surface area contributed by atoms with E-state index in [1.54, 1.807) is 24.3 Å². The SMILES string of the molecule is CCOc1ccc(NC(=O)Cc2cc(=O)[nH]c(=O)[nH]2)cc1. The molecule has 2 rings (SSSR count). The van der Waals surface area contributed by atoms with Crippen LogP contribution in [0.3, 0.4) is 0 Å². The molecule has 0 unspecified atom stereocenters. The monoisotopic (exact) mass is 289 g/mol. The summed E-state index contributed by atoms with van der Waals surface area (Å²) in [6, 6.07) is 8.09. The highest BCUT2D eigenvalue weighted by Gasteiger charge is 2.06. The summed E-state index contributed by atoms with van der Waals surface area (Å²) in [7, 11) is 0. The zero-order valence-electron chi connectivity index (χ0n) is 11.4. The van der Waals surface area contributed by atoms with Gasteiger partial charge in [0.1, 0.15) is 5.75 Å². The Morgan fingerprint density at radius 2 is 1.90 bits per heavy atom. The van der Waals surface area contributed by atoms with E-state index in [2.05, 4.69) is 10.3 Å². The van der Waals surface area contributed by atoms with E-state index in [0.717, 1.165) is 5.75 Å². The van der Waals surface area contributed by atoms with Crippen molar-refractivity contribution in [2.45, 2.75) is 13.3 Å². The first-order valence-corrected chi connectivity index (χ1v) is 6.42. The zero-order chi connectivity index (χ0) is 15.2. The summed E-state index contributed by atoms with van der Waals surface area (Å²) in [5.41, 5.74) is -0.309. The number of ether oxygens (including phenoxy) is 1. The highest BCUT2D eigenvalue weighted by atomic mass is 16.5. The van der Waals surface area contributed by atoms with Crippen LogP contribution < -0.4 is 21.3 Å². The van der Waals surface area contributed by atoms with Gasteiger partial charge in [0, 0.05) is 17.4 Å². The predicted octanol–water partition coefficient (Wildman–Crippen LogP) is 0.643. The maximum atomic E-state index is 11.8. The topological polar surface area (TPSA) is 104 Å². The summed E-state index contributed by atoms with van der Waals surface area (Å²) in [6.07, 6.45) is -0.0909. The normalized spacial score (nSPS) is 10.1. The quantitative estimate of drug-likeness (QED) is 0.751. The smallest absolute Gasteiger partial charge is 0.325 e. The Labute approximate surface area is 120 Å². The summed E-state index contributed by atoms with van der Waals surface area (Å²) >= 11 is 0. The van der Waals surface area contributed by atoms with E-state index in [9.17, 15) is 14.4 Å². The summed E-state index contributed by atoms with van der Waals surface area (Å²) in [4.78, 5) is 38.5. The molecule has 0 aliphatic heterocycles. The number of amides is 1. The number of carbonyl (C=O) groups is 1. The Hall–Kier alpha value is -2.83. The molecule has 0 saturated heterocycles. The van der Waals surface area contributed by atoms with Gasteiger partial charge in [-0.15, -0.1) is 0 Å². The fourth-order valence-corrected chi connectivity index (χ4v) is 1.79. The molecule has 1 amide bonds. The number of aromatic amines is 2. The maximum absolute atomic E-state index is 11.8. The van der Waals surface area contributed by atoms with Gasteiger partial charge in [-0.3, -0.25) is 14.6 Å². The van der Waals surface area contributed by atoms with Crippen molar-refractivity contribution < 1.29 is 9.53 Å². The van der Waals surface area contributed by atoms with Crippen LogP contribution in [0.4, 0.5) is 5.69 Å². The largest absolute Gasteiger partial charge is 0.494 e. The Balaban J connectivity index is 2.01. The Morgan fingerprint density at radius 3 is 2.52 bits per heavy atom. The molecule has 110 valence electrons. The number of benzene rings is 1. The Bertz CT molecular complexity index is 703. The van der Waals surface area contributed by atoms with Crippen LogP contribution in [-0.2, 0) is 11.2 Å². The van der Waals surface area contributed by atoms with Crippen molar-refractivity contribution >= 4 is 11.6 Å². The molecule has 0 aliphatic rings. The predicted molar refractivity (Wildman–Crippen MR) is 77.6 cm³/mol. The second kappa shape index (κ2) is 6.56. The summed E-state index contributed by atoms with van der Waals surface area (Å²) in [5.74, 6) is 0.384. The molecule has 1 heterocycles. The van der Waals surface area contributed by atoms with Crippen molar-refractivity contribution in [2.75, 3.05) is 11.9 Å². The van der Waals surface area contributed by atoms with E-state index < -0.39 is 11.2 Å². The molecule has 0 atom stereocenters. The number of rotatable bonds is 5. The lowest BCUT2D eigenvalue weighted by atomic mass is 10.2. The number of H-pyrrole nitrogens is 2. The molecular formula is C14H15N3O4. The third-order valence-electron chi connectivity index (χ3n) is 2.62. The Kier molecular flexibility index (Phi) is 4.55. The van der Waals surface area contributed by atoms with Crippen molar-refractivity contribution in [1.29, 1.82) is 0 Å². The van der Waals surface area contributed by atoms with Crippen LogP contribution in [-0.4, -0.2) is 22.5 Å². The second-order valence-corrected chi connectivity index (χ2v) is 4.30. The first-order valence-electron chi connectivity index (χ1n) is 6.42. The van der Waals surface area contributed by atoms with E-state index in [4.69, 9.17) is 4.74 Å². The van der Waals surface area contributed by atoms with Gasteiger partial charge in [-0.05, 0) is 31.2 Å². The van der Waals surface area contributed by atoms with E-state index in [1.165, 1.54) is 6.07 Å². The molecule has 7 nitrogen and oxygen atoms in total. The average molecular weight is 289 g/mol. The number of hydrogen-bond acceptors (Lipinski definition) is 4. The van der Waals surface area contributed by atoms with E-state index in [-0.39, 0.29) is 18.0 Å². The molecule has 0 fully saturated rings. The van der Waals surface area contributed by atoms with Gasteiger partial charge >= 0.3 is 5.69 Å². The van der Waals surface area contributed by atoms with Crippen molar-refractivity contribution in [3.8, 4) is 5.75 Å². The molecule has 0 spiro atoms. The summed E-state index contributed by atoms with van der Waals surface area (Å²) in [5, 5.41) is 2.67. The first-order chi connectivity index (χ1) is 10.1. The van der Waals surface area contributed by atoms with Crippen LogP contribution in [0.15, 0.2) is 39.9 Å². The molecule has 0 bridgehead atoms. The number of nitrogens with one attached hydrogen (secondary N) is 3.